The molecule has 0 saturated carbocycles. The fourth-order valence-electron chi connectivity index (χ4n) is 18.0. The molecule has 24 rings (SSSR count). The summed E-state index contributed by atoms with van der Waals surface area (Å²) in [6, 6.07) is 155. The molecule has 0 unspecified atom stereocenters. The number of aromatic nitrogens is 8. The van der Waals surface area contributed by atoms with E-state index in [1.165, 1.54) is 78.5 Å². The number of fused-ring (bicyclic) bond motifs is 14. The maximum Gasteiger partial charge on any atom is 0.164 e. The van der Waals surface area contributed by atoms with Gasteiger partial charge in [-0.15, -0.1) is 22.7 Å². The third-order valence-electron chi connectivity index (χ3n) is 23.7. The fraction of sp³-hybridized carbons (Fsp3) is 0. The lowest BCUT2D eigenvalue weighted by molar-refractivity contribution is 1.07. The van der Waals surface area contributed by atoms with Gasteiger partial charge in [0, 0.05) is 118 Å². The monoisotopic (exact) mass is 1620 g/mol. The molecule has 0 spiro atoms. The molecule has 0 amide bonds. The summed E-state index contributed by atoms with van der Waals surface area (Å²) in [5, 5.41) is 10.1. The van der Waals surface area contributed by atoms with E-state index in [4.69, 9.17) is 29.9 Å². The zero-order chi connectivity index (χ0) is 82.0. The van der Waals surface area contributed by atoms with Crippen LogP contribution in [-0.4, -0.2) is 39.0 Å². The van der Waals surface area contributed by atoms with E-state index in [9.17, 15) is 0 Å². The van der Waals surface area contributed by atoms with Crippen LogP contribution >= 0.6 is 22.7 Å². The van der Waals surface area contributed by atoms with Gasteiger partial charge in [-0.2, -0.15) is 0 Å². The molecular formula is C114H72N8S2. The lowest BCUT2D eigenvalue weighted by atomic mass is 9.92. The molecule has 0 atom stereocenters. The molecule has 0 aliphatic carbocycles. The van der Waals surface area contributed by atoms with Gasteiger partial charge in [-0.25, -0.2) is 29.9 Å². The molecule has 10 heteroatoms. The Morgan fingerprint density at radius 3 is 0.839 bits per heavy atom. The van der Waals surface area contributed by atoms with Gasteiger partial charge in [-0.05, 0) is 111 Å². The minimum Gasteiger partial charge on any atom is -0.308 e. The number of hydrogen-bond acceptors (Lipinski definition) is 8. The Hall–Kier alpha value is -16.0. The van der Waals surface area contributed by atoms with Crippen LogP contribution in [0.5, 0.6) is 0 Å². The molecule has 0 aliphatic rings. The number of para-hydroxylation sites is 2. The van der Waals surface area contributed by atoms with E-state index >= 15 is 0 Å². The van der Waals surface area contributed by atoms with Crippen molar-refractivity contribution in [3.63, 3.8) is 0 Å². The summed E-state index contributed by atoms with van der Waals surface area (Å²) >= 11 is 3.71. The SMILES string of the molecule is c1ccc(-c2ccc(-c3nc(-c4ccccc4)nc(-c4cc(-c5ccccc5)c(-n5c6ccccc6c6c7c(ccc65)sc5ccccc57)c(-c5ccccc5)c4)n3)cc2)cc1.c1ccc(-c2ccc(-c3nc(-c4ccccc4)nc(-c4cc(-c5ccccc5)c(-n5c6ccccc6c6ccc7sc8ccccc8c7c65)c(-c5ccccc5)c4)n3)cc2)cc1. The summed E-state index contributed by atoms with van der Waals surface area (Å²) < 4.78 is 10.2. The Kier molecular flexibility index (Phi) is 18.5. The molecule has 0 saturated heterocycles. The average molecular weight is 1620 g/mol. The van der Waals surface area contributed by atoms with Crippen LogP contribution in [0.2, 0.25) is 0 Å². The summed E-state index contributed by atoms with van der Waals surface area (Å²) in [5.41, 5.74) is 25.7. The second-order valence-electron chi connectivity index (χ2n) is 31.1. The van der Waals surface area contributed by atoms with E-state index in [-0.39, 0.29) is 0 Å². The molecule has 6 aromatic heterocycles. The smallest absolute Gasteiger partial charge is 0.164 e. The van der Waals surface area contributed by atoms with Crippen LogP contribution in [0, 0.1) is 0 Å². The van der Waals surface area contributed by atoms with Crippen LogP contribution in [0.1, 0.15) is 0 Å². The first-order valence-corrected chi connectivity index (χ1v) is 43.3. The van der Waals surface area contributed by atoms with Gasteiger partial charge < -0.3 is 9.13 Å². The maximum atomic E-state index is 5.30. The van der Waals surface area contributed by atoms with Crippen molar-refractivity contribution in [2.75, 3.05) is 0 Å². The first-order valence-electron chi connectivity index (χ1n) is 41.7. The zero-order valence-corrected chi connectivity index (χ0v) is 68.6. The van der Waals surface area contributed by atoms with Crippen molar-refractivity contribution in [3.8, 4) is 146 Å². The van der Waals surface area contributed by atoms with Gasteiger partial charge in [0.25, 0.3) is 0 Å². The van der Waals surface area contributed by atoms with Gasteiger partial charge in [-0.1, -0.05) is 370 Å². The predicted octanol–water partition coefficient (Wildman–Crippen LogP) is 30.7. The van der Waals surface area contributed by atoms with Crippen LogP contribution in [0.15, 0.2) is 437 Å². The van der Waals surface area contributed by atoms with Crippen LogP contribution in [-0.2, 0) is 0 Å². The minimum absolute atomic E-state index is 0.607. The Morgan fingerprint density at radius 2 is 0.435 bits per heavy atom. The lowest BCUT2D eigenvalue weighted by Gasteiger charge is -2.21. The summed E-state index contributed by atoms with van der Waals surface area (Å²) in [6.45, 7) is 0. The standard InChI is InChI=1S/2C57H36N4S/c1-5-17-37(18-6-1)38-29-31-42(32-30-38)56-58-55(41-23-11-4-12-24-41)59-57(60-56)43-35-47(39-19-7-2-8-20-39)53(48(36-43)40-21-9-3-10-22-40)61-49-27-15-13-25-44(49)45-33-34-51-52(54(45)61)46-26-14-16-28-50(46)62-51;1-5-17-37(18-6-1)38-29-31-42(32-30-38)56-58-55(41-23-11-4-12-24-41)59-57(60-56)43-35-46(39-19-7-2-8-20-39)54(47(36-43)40-21-9-3-10-22-40)61-48-27-15-13-25-44(48)52-49(61)33-34-51-53(52)45-26-14-16-28-50(45)62-51/h2*1-36H. The Labute approximate surface area is 723 Å². The Bertz CT molecular complexity index is 8040. The highest BCUT2D eigenvalue weighted by molar-refractivity contribution is 7.26. The third kappa shape index (κ3) is 13.2. The van der Waals surface area contributed by atoms with E-state index in [2.05, 4.69) is 397 Å². The molecular weight excluding hydrogens is 1550 g/mol. The topological polar surface area (TPSA) is 87.2 Å². The molecule has 0 fully saturated rings. The van der Waals surface area contributed by atoms with Crippen LogP contribution in [0.4, 0.5) is 0 Å². The molecule has 6 heterocycles. The van der Waals surface area contributed by atoms with Gasteiger partial charge in [-0.3, -0.25) is 0 Å². The average Bonchev–Trinajstić information content (AvgIpc) is 1.55. The van der Waals surface area contributed by atoms with Crippen molar-refractivity contribution in [1.82, 2.24) is 39.0 Å². The van der Waals surface area contributed by atoms with Gasteiger partial charge in [0.15, 0.2) is 34.9 Å². The van der Waals surface area contributed by atoms with Gasteiger partial charge >= 0.3 is 0 Å². The lowest BCUT2D eigenvalue weighted by Crippen LogP contribution is -2.04. The molecule has 0 aliphatic heterocycles. The molecule has 24 aromatic rings. The van der Waals surface area contributed by atoms with Crippen molar-refractivity contribution in [3.05, 3.63) is 437 Å². The van der Waals surface area contributed by atoms with Crippen LogP contribution < -0.4 is 0 Å². The number of thiophene rings is 2. The normalized spacial score (nSPS) is 11.5. The highest BCUT2D eigenvalue weighted by Crippen LogP contribution is 2.51. The van der Waals surface area contributed by atoms with E-state index in [0.717, 1.165) is 117 Å². The second kappa shape index (κ2) is 31.3. The minimum atomic E-state index is 0.607. The van der Waals surface area contributed by atoms with Gasteiger partial charge in [0.2, 0.25) is 0 Å². The van der Waals surface area contributed by atoms with E-state index in [1.54, 1.807) is 0 Å². The second-order valence-corrected chi connectivity index (χ2v) is 33.3. The summed E-state index contributed by atoms with van der Waals surface area (Å²) in [6.07, 6.45) is 0. The highest BCUT2D eigenvalue weighted by Gasteiger charge is 2.29. The number of nitrogens with zero attached hydrogens (tertiary/aromatic N) is 8. The summed E-state index contributed by atoms with van der Waals surface area (Å²) in [5.74, 6) is 3.70. The maximum absolute atomic E-state index is 5.30. The molecule has 124 heavy (non-hydrogen) atoms. The van der Waals surface area contributed by atoms with Crippen LogP contribution in [0.25, 0.3) is 230 Å². The Morgan fingerprint density at radius 1 is 0.161 bits per heavy atom. The van der Waals surface area contributed by atoms with Crippen LogP contribution in [0.3, 0.4) is 0 Å². The third-order valence-corrected chi connectivity index (χ3v) is 26.0. The summed E-state index contributed by atoms with van der Waals surface area (Å²) in [7, 11) is 0. The molecule has 0 N–H and O–H groups in total. The van der Waals surface area contributed by atoms with E-state index in [0.29, 0.717) is 34.9 Å². The first kappa shape index (κ1) is 73.2. The van der Waals surface area contributed by atoms with Gasteiger partial charge in [0.1, 0.15) is 0 Å². The quantitative estimate of drug-likeness (QED) is 0.108. The number of benzene rings is 18. The molecule has 18 aromatic carbocycles. The van der Waals surface area contributed by atoms with Crippen molar-refractivity contribution in [2.45, 2.75) is 0 Å². The first-order chi connectivity index (χ1) is 61.5. The Balaban J connectivity index is 0.000000143. The number of rotatable bonds is 14. The van der Waals surface area contributed by atoms with Crippen molar-refractivity contribution in [2.24, 2.45) is 0 Å². The largest absolute Gasteiger partial charge is 0.308 e. The predicted molar refractivity (Wildman–Crippen MR) is 519 cm³/mol. The van der Waals surface area contributed by atoms with E-state index in [1.807, 2.05) is 71.2 Å². The van der Waals surface area contributed by atoms with Crippen molar-refractivity contribution < 1.29 is 0 Å². The fourth-order valence-corrected chi connectivity index (χ4v) is 20.2. The van der Waals surface area contributed by atoms with E-state index < -0.39 is 0 Å². The molecule has 580 valence electrons. The van der Waals surface area contributed by atoms with Crippen molar-refractivity contribution in [1.29, 1.82) is 0 Å². The van der Waals surface area contributed by atoms with Gasteiger partial charge in [0.05, 0.1) is 33.4 Å². The molecule has 0 radical (unpaired) electrons. The van der Waals surface area contributed by atoms with Crippen molar-refractivity contribution >= 4 is 107 Å². The molecule has 8 nitrogen and oxygen atoms in total. The summed E-state index contributed by atoms with van der Waals surface area (Å²) in [4.78, 5) is 31.3. The highest BCUT2D eigenvalue weighted by atomic mass is 32.1. The zero-order valence-electron chi connectivity index (χ0n) is 67.0. The molecule has 0 bridgehead atoms. The number of hydrogen-bond donors (Lipinski definition) is 0.